The number of fused-ring (bicyclic) bond motifs is 5. The number of aliphatic hydroxyl groups excluding tert-OH is 4. The SMILES string of the molecule is CC(=O)O[C@H]1[C@H](O[C@H]2CC3C4CC=C5C[C@@H](O)CC[C@]5(C)C4CC[C@]3(C)[C@@]2(O)[C@H](C)C(=O)NCC(C)C)OC[C@H](O)[C@@H]1O[C@@H]1OC[C@@H](O)[C@H](O)[C@H]1OC(=O)c1ccc(C)cc1. The van der Waals surface area contributed by atoms with Gasteiger partial charge in [-0.15, -0.1) is 0 Å². The van der Waals surface area contributed by atoms with Crippen LogP contribution in [0.4, 0.5) is 0 Å². The van der Waals surface area contributed by atoms with Crippen LogP contribution in [-0.2, 0) is 38.0 Å². The second kappa shape index (κ2) is 17.9. The second-order valence-electron chi connectivity index (χ2n) is 19.6. The minimum Gasteiger partial charge on any atom is -0.454 e. The third kappa shape index (κ3) is 8.55. The molecule has 1 amide bonds. The van der Waals surface area contributed by atoms with Gasteiger partial charge in [0.25, 0.3) is 0 Å². The number of aliphatic hydroxyl groups is 5. The highest BCUT2D eigenvalue weighted by atomic mass is 16.8. The van der Waals surface area contributed by atoms with Gasteiger partial charge in [-0.1, -0.05) is 64.0 Å². The molecule has 0 bridgehead atoms. The Morgan fingerprint density at radius 2 is 1.54 bits per heavy atom. The molecule has 6 aliphatic rings. The van der Waals surface area contributed by atoms with Crippen LogP contribution in [0.15, 0.2) is 35.9 Å². The van der Waals surface area contributed by atoms with E-state index in [-0.39, 0.29) is 47.4 Å². The molecule has 1 aromatic carbocycles. The van der Waals surface area contributed by atoms with Crippen molar-refractivity contribution in [2.75, 3.05) is 19.8 Å². The van der Waals surface area contributed by atoms with Gasteiger partial charge in [0, 0.05) is 18.9 Å². The van der Waals surface area contributed by atoms with Crippen molar-refractivity contribution in [3.8, 4) is 0 Å². The molecule has 0 aromatic heterocycles. The van der Waals surface area contributed by atoms with Crippen molar-refractivity contribution in [3.63, 3.8) is 0 Å². The van der Waals surface area contributed by atoms with Gasteiger partial charge in [-0.05, 0) is 93.1 Å². The number of allylic oxidation sites excluding steroid dienone is 1. The lowest BCUT2D eigenvalue weighted by atomic mass is 9.46. The average molecular weight is 858 g/mol. The molecule has 7 rings (SSSR count). The third-order valence-electron chi connectivity index (χ3n) is 15.3. The maximum atomic E-state index is 14.0. The number of carbonyl (C=O) groups excluding carboxylic acids is 3. The van der Waals surface area contributed by atoms with Gasteiger partial charge < -0.3 is 59.3 Å². The van der Waals surface area contributed by atoms with Crippen LogP contribution in [0.25, 0.3) is 0 Å². The van der Waals surface area contributed by atoms with Gasteiger partial charge in [0.2, 0.25) is 5.91 Å². The number of aryl methyl sites for hydroxylation is 1. The summed E-state index contributed by atoms with van der Waals surface area (Å²) in [5.74, 6) is -2.26. The smallest absolute Gasteiger partial charge is 0.338 e. The summed E-state index contributed by atoms with van der Waals surface area (Å²) in [5.41, 5.74) is -0.207. The number of nitrogens with one attached hydrogen (secondary N) is 1. The fraction of sp³-hybridized carbons (Fsp3) is 0.761. The van der Waals surface area contributed by atoms with Crippen LogP contribution in [0.3, 0.4) is 0 Å². The minimum atomic E-state index is -1.73. The van der Waals surface area contributed by atoms with Crippen molar-refractivity contribution >= 4 is 17.8 Å². The molecule has 0 spiro atoms. The van der Waals surface area contributed by atoms with E-state index < -0.39 is 90.8 Å². The van der Waals surface area contributed by atoms with Gasteiger partial charge in [-0.25, -0.2) is 4.79 Å². The van der Waals surface area contributed by atoms with Gasteiger partial charge in [0.1, 0.15) is 30.0 Å². The standard InChI is InChI=1S/C46H67NO14/c1-23(2)20-47-40(53)25(4)46(55)35(19-32-30-13-12-28-18-29(49)14-16-44(28,6)31(30)15-17-45(32,46)7)59-43-39(58-26(5)48)37(34(51)22-57-43)61-42-38(36(52)33(50)21-56-42)60-41(54)27-10-8-24(3)9-11-27/h8-12,23,25,29-39,42-43,49-52,55H,13-22H2,1-7H3,(H,47,53)/t25-,29+,30?,31?,32?,33-,34+,35+,36+,37+,38-,39-,42+,43+,44+,45+,46-/m1/s1. The molecule has 2 heterocycles. The van der Waals surface area contributed by atoms with Crippen molar-refractivity contribution in [2.45, 2.75) is 160 Å². The van der Waals surface area contributed by atoms with Gasteiger partial charge in [0.15, 0.2) is 24.8 Å². The molecule has 17 atom stereocenters. The highest BCUT2D eigenvalue weighted by Crippen LogP contribution is 2.69. The first kappa shape index (κ1) is 46.0. The lowest BCUT2D eigenvalue weighted by Crippen LogP contribution is -2.65. The fourth-order valence-electron chi connectivity index (χ4n) is 11.8. The topological polar surface area (TPSA) is 220 Å². The number of ether oxygens (including phenoxy) is 6. The molecule has 340 valence electrons. The maximum Gasteiger partial charge on any atom is 0.338 e. The zero-order valence-corrected chi connectivity index (χ0v) is 36.5. The Bertz CT molecular complexity index is 1790. The van der Waals surface area contributed by atoms with Crippen LogP contribution in [0, 0.1) is 47.3 Å². The highest BCUT2D eigenvalue weighted by Gasteiger charge is 2.71. The first-order valence-electron chi connectivity index (χ1n) is 22.2. The lowest BCUT2D eigenvalue weighted by Gasteiger charge is -2.59. The Morgan fingerprint density at radius 3 is 2.21 bits per heavy atom. The van der Waals surface area contributed by atoms with Gasteiger partial charge in [-0.3, -0.25) is 9.59 Å². The Hall–Kier alpha value is -2.99. The molecule has 2 aliphatic heterocycles. The summed E-state index contributed by atoms with van der Waals surface area (Å²) in [6.07, 6.45) is -6.12. The summed E-state index contributed by atoms with van der Waals surface area (Å²) in [6, 6.07) is 6.55. The van der Waals surface area contributed by atoms with Crippen LogP contribution >= 0.6 is 0 Å². The van der Waals surface area contributed by atoms with Crippen LogP contribution < -0.4 is 5.32 Å². The first-order valence-corrected chi connectivity index (χ1v) is 22.2. The van der Waals surface area contributed by atoms with Crippen LogP contribution in [0.1, 0.15) is 102 Å². The van der Waals surface area contributed by atoms with Crippen molar-refractivity contribution in [1.29, 1.82) is 0 Å². The molecule has 0 radical (unpaired) electrons. The zero-order chi connectivity index (χ0) is 44.2. The number of amides is 1. The first-order chi connectivity index (χ1) is 28.8. The van der Waals surface area contributed by atoms with Crippen LogP contribution in [-0.4, -0.2) is 130 Å². The van der Waals surface area contributed by atoms with Crippen molar-refractivity contribution in [2.24, 2.45) is 40.4 Å². The molecular weight excluding hydrogens is 790 g/mol. The molecular formula is C46H67NO14. The number of benzene rings is 1. The highest BCUT2D eigenvalue weighted by molar-refractivity contribution is 5.89. The van der Waals surface area contributed by atoms with E-state index in [0.717, 1.165) is 31.2 Å². The minimum absolute atomic E-state index is 0.0796. The number of carbonyl (C=O) groups is 3. The van der Waals surface area contributed by atoms with Crippen molar-refractivity contribution < 1.29 is 68.3 Å². The molecule has 15 heteroatoms. The monoisotopic (exact) mass is 857 g/mol. The summed E-state index contributed by atoms with van der Waals surface area (Å²) in [5, 5.41) is 60.0. The largest absolute Gasteiger partial charge is 0.454 e. The van der Waals surface area contributed by atoms with Crippen LogP contribution in [0.5, 0.6) is 0 Å². The molecule has 3 unspecified atom stereocenters. The molecule has 6 N–H and O–H groups in total. The Labute approximate surface area is 358 Å². The summed E-state index contributed by atoms with van der Waals surface area (Å²) in [7, 11) is 0. The zero-order valence-electron chi connectivity index (χ0n) is 36.5. The van der Waals surface area contributed by atoms with E-state index in [1.165, 1.54) is 12.5 Å². The Balaban J connectivity index is 1.19. The summed E-state index contributed by atoms with van der Waals surface area (Å²) >= 11 is 0. The van der Waals surface area contributed by atoms with E-state index in [4.69, 9.17) is 28.4 Å². The maximum absolute atomic E-state index is 14.0. The predicted molar refractivity (Wildman–Crippen MR) is 218 cm³/mol. The number of hydrogen-bond acceptors (Lipinski definition) is 14. The molecule has 61 heavy (non-hydrogen) atoms. The third-order valence-corrected chi connectivity index (χ3v) is 15.3. The Kier molecular flexibility index (Phi) is 13.5. The van der Waals surface area contributed by atoms with Crippen molar-refractivity contribution in [3.05, 3.63) is 47.0 Å². The second-order valence-corrected chi connectivity index (χ2v) is 19.6. The molecule has 1 aromatic rings. The number of esters is 2. The van der Waals surface area contributed by atoms with Crippen molar-refractivity contribution in [1.82, 2.24) is 5.32 Å². The normalized spacial score (nSPS) is 42.6. The predicted octanol–water partition coefficient (Wildman–Crippen LogP) is 3.09. The lowest BCUT2D eigenvalue weighted by molar-refractivity contribution is -0.345. The van der Waals surface area contributed by atoms with E-state index >= 15 is 0 Å². The summed E-state index contributed by atoms with van der Waals surface area (Å²) in [4.78, 5) is 40.1. The summed E-state index contributed by atoms with van der Waals surface area (Å²) in [6.45, 7) is 12.8. The Morgan fingerprint density at radius 1 is 0.869 bits per heavy atom. The van der Waals surface area contributed by atoms with E-state index in [2.05, 4.69) is 25.2 Å². The van der Waals surface area contributed by atoms with Gasteiger partial charge >= 0.3 is 11.9 Å². The summed E-state index contributed by atoms with van der Waals surface area (Å²) < 4.78 is 36.4. The quantitative estimate of drug-likeness (QED) is 0.139. The molecule has 3 saturated carbocycles. The average Bonchev–Trinajstić information content (AvgIpc) is 3.44. The van der Waals surface area contributed by atoms with E-state index in [9.17, 15) is 39.9 Å². The van der Waals surface area contributed by atoms with Gasteiger partial charge in [0.05, 0.1) is 36.9 Å². The fourth-order valence-corrected chi connectivity index (χ4v) is 11.8. The van der Waals surface area contributed by atoms with E-state index in [1.54, 1.807) is 31.2 Å². The molecule has 4 aliphatic carbocycles. The van der Waals surface area contributed by atoms with E-state index in [1.807, 2.05) is 20.8 Å². The molecule has 5 fully saturated rings. The molecule has 2 saturated heterocycles. The molecule has 15 nitrogen and oxygen atoms in total. The number of hydrogen-bond donors (Lipinski definition) is 6. The van der Waals surface area contributed by atoms with E-state index in [0.29, 0.717) is 31.7 Å². The number of rotatable bonds is 11. The van der Waals surface area contributed by atoms with Crippen LogP contribution in [0.2, 0.25) is 0 Å². The van der Waals surface area contributed by atoms with Gasteiger partial charge in [-0.2, -0.15) is 0 Å².